The summed E-state index contributed by atoms with van der Waals surface area (Å²) in [6, 6.07) is 10.1. The molecular weight excluding hydrogens is 270 g/mol. The highest BCUT2D eigenvalue weighted by Gasteiger charge is 2.18. The first-order chi connectivity index (χ1) is 9.88. The van der Waals surface area contributed by atoms with E-state index in [4.69, 9.17) is 4.74 Å². The zero-order valence-corrected chi connectivity index (χ0v) is 12.2. The molecule has 1 unspecified atom stereocenters. The lowest BCUT2D eigenvalue weighted by molar-refractivity contribution is -0.385. The molecule has 5 nitrogen and oxygen atoms in total. The Bertz CT molecular complexity index is 680. The van der Waals surface area contributed by atoms with Crippen LogP contribution in [0.1, 0.15) is 29.7 Å². The largest absolute Gasteiger partial charge is 0.450 e. The molecule has 2 aromatic rings. The van der Waals surface area contributed by atoms with Crippen LogP contribution in [0.25, 0.3) is 0 Å². The standard InChI is InChI=1S/C16H17NO4/c1-10-4-6-15(11(2)8-10)21-16-7-5-13(12(3)18)9-14(16)17(19)20/h4-9,12,18H,1-3H3. The number of aryl methyl sites for hydroxylation is 2. The van der Waals surface area contributed by atoms with Crippen molar-refractivity contribution in [3.63, 3.8) is 0 Å². The fourth-order valence-electron chi connectivity index (χ4n) is 2.06. The average Bonchev–Trinajstić information content (AvgIpc) is 2.41. The molecule has 0 aromatic heterocycles. The van der Waals surface area contributed by atoms with Crippen molar-refractivity contribution in [1.29, 1.82) is 0 Å². The summed E-state index contributed by atoms with van der Waals surface area (Å²) in [5.41, 5.74) is 2.32. The van der Waals surface area contributed by atoms with Gasteiger partial charge in [0.1, 0.15) is 5.75 Å². The van der Waals surface area contributed by atoms with Gasteiger partial charge in [-0.3, -0.25) is 10.1 Å². The third kappa shape index (κ3) is 3.38. The van der Waals surface area contributed by atoms with Crippen LogP contribution < -0.4 is 4.74 Å². The molecule has 0 aliphatic heterocycles. The van der Waals surface area contributed by atoms with Crippen LogP contribution in [0.2, 0.25) is 0 Å². The Balaban J connectivity index is 2.41. The minimum Gasteiger partial charge on any atom is -0.450 e. The van der Waals surface area contributed by atoms with E-state index in [0.29, 0.717) is 11.3 Å². The number of rotatable bonds is 4. The Labute approximate surface area is 123 Å². The van der Waals surface area contributed by atoms with Gasteiger partial charge in [0.2, 0.25) is 5.75 Å². The summed E-state index contributed by atoms with van der Waals surface area (Å²) in [5.74, 6) is 0.741. The second-order valence-corrected chi connectivity index (χ2v) is 5.03. The fourth-order valence-corrected chi connectivity index (χ4v) is 2.06. The van der Waals surface area contributed by atoms with Crippen LogP contribution in [0.15, 0.2) is 36.4 Å². The molecular formula is C16H17NO4. The molecule has 0 saturated heterocycles. The van der Waals surface area contributed by atoms with Crippen LogP contribution in [-0.2, 0) is 0 Å². The minimum absolute atomic E-state index is 0.159. The monoisotopic (exact) mass is 287 g/mol. The Kier molecular flexibility index (Phi) is 4.23. The third-order valence-corrected chi connectivity index (χ3v) is 3.21. The van der Waals surface area contributed by atoms with Gasteiger partial charge in [0.15, 0.2) is 0 Å². The number of hydrogen-bond acceptors (Lipinski definition) is 4. The first kappa shape index (κ1) is 15.0. The topological polar surface area (TPSA) is 72.6 Å². The SMILES string of the molecule is Cc1ccc(Oc2ccc(C(C)O)cc2[N+](=O)[O-])c(C)c1. The number of hydrogen-bond donors (Lipinski definition) is 1. The zero-order chi connectivity index (χ0) is 15.6. The smallest absolute Gasteiger partial charge is 0.311 e. The summed E-state index contributed by atoms with van der Waals surface area (Å²) in [6.07, 6.45) is -0.765. The molecule has 0 aliphatic rings. The van der Waals surface area contributed by atoms with Crippen LogP contribution in [0, 0.1) is 24.0 Å². The van der Waals surface area contributed by atoms with Crippen molar-refractivity contribution in [3.05, 3.63) is 63.2 Å². The van der Waals surface area contributed by atoms with Crippen molar-refractivity contribution in [2.45, 2.75) is 26.9 Å². The van der Waals surface area contributed by atoms with Gasteiger partial charge in [-0.2, -0.15) is 0 Å². The van der Waals surface area contributed by atoms with Crippen LogP contribution in [-0.4, -0.2) is 10.0 Å². The summed E-state index contributed by atoms with van der Waals surface area (Å²) < 4.78 is 5.67. The lowest BCUT2D eigenvalue weighted by Gasteiger charge is -2.11. The maximum absolute atomic E-state index is 11.2. The van der Waals surface area contributed by atoms with E-state index in [-0.39, 0.29) is 11.4 Å². The predicted octanol–water partition coefficient (Wildman–Crippen LogP) is 4.06. The van der Waals surface area contributed by atoms with Crippen molar-refractivity contribution in [2.24, 2.45) is 0 Å². The van der Waals surface area contributed by atoms with Gasteiger partial charge in [0.05, 0.1) is 11.0 Å². The van der Waals surface area contributed by atoms with Crippen LogP contribution in [0.3, 0.4) is 0 Å². The molecule has 0 radical (unpaired) electrons. The highest BCUT2D eigenvalue weighted by molar-refractivity contribution is 5.52. The molecule has 2 aromatic carbocycles. The van der Waals surface area contributed by atoms with E-state index in [0.717, 1.165) is 11.1 Å². The van der Waals surface area contributed by atoms with Crippen molar-refractivity contribution in [1.82, 2.24) is 0 Å². The van der Waals surface area contributed by atoms with Gasteiger partial charge in [0, 0.05) is 6.07 Å². The van der Waals surface area contributed by atoms with Crippen LogP contribution in [0.5, 0.6) is 11.5 Å². The maximum atomic E-state index is 11.2. The van der Waals surface area contributed by atoms with Crippen molar-refractivity contribution in [3.8, 4) is 11.5 Å². The van der Waals surface area contributed by atoms with Gasteiger partial charge in [0.25, 0.3) is 0 Å². The van der Waals surface area contributed by atoms with Gasteiger partial charge in [-0.1, -0.05) is 23.8 Å². The number of aliphatic hydroxyl groups excluding tert-OH is 1. The van der Waals surface area contributed by atoms with E-state index in [9.17, 15) is 15.2 Å². The molecule has 21 heavy (non-hydrogen) atoms. The van der Waals surface area contributed by atoms with Gasteiger partial charge in [-0.25, -0.2) is 0 Å². The molecule has 110 valence electrons. The molecule has 2 rings (SSSR count). The van der Waals surface area contributed by atoms with Gasteiger partial charge < -0.3 is 9.84 Å². The van der Waals surface area contributed by atoms with Crippen molar-refractivity contribution in [2.75, 3.05) is 0 Å². The van der Waals surface area contributed by atoms with E-state index in [1.165, 1.54) is 12.1 Å². The van der Waals surface area contributed by atoms with Crippen LogP contribution >= 0.6 is 0 Å². The number of nitro groups is 1. The second kappa shape index (κ2) is 5.93. The Morgan fingerprint density at radius 1 is 1.14 bits per heavy atom. The van der Waals surface area contributed by atoms with E-state index in [1.807, 2.05) is 26.0 Å². The number of aliphatic hydroxyl groups is 1. The molecule has 0 fully saturated rings. The van der Waals surface area contributed by atoms with Gasteiger partial charge in [-0.15, -0.1) is 0 Å². The summed E-state index contributed by atoms with van der Waals surface area (Å²) >= 11 is 0. The third-order valence-electron chi connectivity index (χ3n) is 3.21. The Hall–Kier alpha value is -2.40. The second-order valence-electron chi connectivity index (χ2n) is 5.03. The Morgan fingerprint density at radius 3 is 2.38 bits per heavy atom. The molecule has 0 spiro atoms. The maximum Gasteiger partial charge on any atom is 0.311 e. The van der Waals surface area contributed by atoms with E-state index in [1.54, 1.807) is 19.1 Å². The van der Waals surface area contributed by atoms with Gasteiger partial charge in [-0.05, 0) is 44.0 Å². The molecule has 0 heterocycles. The average molecular weight is 287 g/mol. The van der Waals surface area contributed by atoms with E-state index in [2.05, 4.69) is 0 Å². The van der Waals surface area contributed by atoms with Crippen LogP contribution in [0.4, 0.5) is 5.69 Å². The first-order valence-electron chi connectivity index (χ1n) is 6.60. The normalized spacial score (nSPS) is 12.0. The molecule has 0 amide bonds. The summed E-state index contributed by atoms with van der Waals surface area (Å²) in [6.45, 7) is 5.42. The molecule has 0 bridgehead atoms. The Morgan fingerprint density at radius 2 is 1.81 bits per heavy atom. The number of nitro benzene ring substituents is 1. The fraction of sp³-hybridized carbons (Fsp3) is 0.250. The number of ether oxygens (including phenoxy) is 1. The van der Waals surface area contributed by atoms with Crippen molar-refractivity contribution < 1.29 is 14.8 Å². The molecule has 0 saturated carbocycles. The highest BCUT2D eigenvalue weighted by Crippen LogP contribution is 2.34. The number of benzene rings is 2. The molecule has 0 aliphatic carbocycles. The summed E-state index contributed by atoms with van der Waals surface area (Å²) in [4.78, 5) is 10.7. The quantitative estimate of drug-likeness (QED) is 0.680. The summed E-state index contributed by atoms with van der Waals surface area (Å²) in [5, 5.41) is 20.7. The summed E-state index contributed by atoms with van der Waals surface area (Å²) in [7, 11) is 0. The molecule has 5 heteroatoms. The minimum atomic E-state index is -0.765. The lowest BCUT2D eigenvalue weighted by Crippen LogP contribution is -1.98. The molecule has 1 atom stereocenters. The van der Waals surface area contributed by atoms with Crippen molar-refractivity contribution >= 4 is 5.69 Å². The van der Waals surface area contributed by atoms with Gasteiger partial charge >= 0.3 is 5.69 Å². The lowest BCUT2D eigenvalue weighted by atomic mass is 10.1. The zero-order valence-electron chi connectivity index (χ0n) is 12.2. The van der Waals surface area contributed by atoms with E-state index >= 15 is 0 Å². The number of nitrogens with zero attached hydrogens (tertiary/aromatic N) is 1. The first-order valence-corrected chi connectivity index (χ1v) is 6.60. The van der Waals surface area contributed by atoms with E-state index < -0.39 is 11.0 Å². The molecule has 1 N–H and O–H groups in total. The predicted molar refractivity (Wildman–Crippen MR) is 79.7 cm³/mol. The highest BCUT2D eigenvalue weighted by atomic mass is 16.6.